The zero-order valence-corrected chi connectivity index (χ0v) is 14.2. The van der Waals surface area contributed by atoms with Gasteiger partial charge in [-0.25, -0.2) is 0 Å². The molecule has 24 heavy (non-hydrogen) atoms. The van der Waals surface area contributed by atoms with Gasteiger partial charge in [-0.15, -0.1) is 0 Å². The van der Waals surface area contributed by atoms with Gasteiger partial charge in [0, 0.05) is 18.8 Å². The Morgan fingerprint density at radius 1 is 0.958 bits per heavy atom. The Labute approximate surface area is 144 Å². The number of carbonyl (C=O) groups excluding carboxylic acids is 2. The zero-order chi connectivity index (χ0) is 17.2. The summed E-state index contributed by atoms with van der Waals surface area (Å²) in [6.45, 7) is 2.07. The number of Topliss-reactive ketones (excluding diaryl/α,β-unsaturated/α-hetero) is 1. The van der Waals surface area contributed by atoms with Crippen molar-refractivity contribution in [1.82, 2.24) is 0 Å². The number of benzene rings is 2. The van der Waals surface area contributed by atoms with Gasteiger partial charge in [-0.2, -0.15) is 0 Å². The van der Waals surface area contributed by atoms with Crippen molar-refractivity contribution in [3.63, 3.8) is 0 Å². The first-order valence-corrected chi connectivity index (χ1v) is 8.54. The number of hydrogen-bond donors (Lipinski definition) is 0. The summed E-state index contributed by atoms with van der Waals surface area (Å²) in [4.78, 5) is 24.9. The molecular weight excluding hydrogens is 296 g/mol. The van der Waals surface area contributed by atoms with Gasteiger partial charge in [0.1, 0.15) is 5.78 Å². The van der Waals surface area contributed by atoms with Crippen LogP contribution in [0.25, 0.3) is 6.08 Å². The Morgan fingerprint density at radius 3 is 2.21 bits per heavy atom. The van der Waals surface area contributed by atoms with Crippen molar-refractivity contribution in [1.29, 1.82) is 0 Å². The maximum Gasteiger partial charge on any atom is 0.156 e. The van der Waals surface area contributed by atoms with E-state index in [9.17, 15) is 9.59 Å². The van der Waals surface area contributed by atoms with Crippen molar-refractivity contribution in [2.45, 2.75) is 38.5 Å². The number of ketones is 2. The minimum atomic E-state index is -0.342. The third kappa shape index (κ3) is 5.62. The normalized spacial score (nSPS) is 12.2. The number of carbonyl (C=O) groups is 2. The fourth-order valence-electron chi connectivity index (χ4n) is 2.65. The number of allylic oxidation sites excluding steroid dienone is 1. The van der Waals surface area contributed by atoms with E-state index in [0.29, 0.717) is 6.42 Å². The SMILES string of the molecule is CCCCC(=O)C(CC(=O)C=Cc1ccccc1)c1ccccc1. The molecule has 0 aliphatic carbocycles. The largest absolute Gasteiger partial charge is 0.299 e. The van der Waals surface area contributed by atoms with Gasteiger partial charge in [0.15, 0.2) is 5.78 Å². The quantitative estimate of drug-likeness (QED) is 0.595. The maximum absolute atomic E-state index is 12.5. The molecular formula is C22H24O2. The molecule has 2 rings (SSSR count). The van der Waals surface area contributed by atoms with Crippen LogP contribution >= 0.6 is 0 Å². The summed E-state index contributed by atoms with van der Waals surface area (Å²) in [5, 5.41) is 0. The van der Waals surface area contributed by atoms with E-state index in [0.717, 1.165) is 24.0 Å². The Morgan fingerprint density at radius 2 is 1.58 bits per heavy atom. The van der Waals surface area contributed by atoms with Crippen molar-refractivity contribution >= 4 is 17.6 Å². The molecule has 0 aliphatic heterocycles. The molecule has 1 atom stereocenters. The molecule has 0 bridgehead atoms. The van der Waals surface area contributed by atoms with Crippen molar-refractivity contribution in [2.75, 3.05) is 0 Å². The zero-order valence-electron chi connectivity index (χ0n) is 14.2. The van der Waals surface area contributed by atoms with E-state index in [1.54, 1.807) is 12.2 Å². The molecule has 0 heterocycles. The second-order valence-corrected chi connectivity index (χ2v) is 5.95. The van der Waals surface area contributed by atoms with Crippen LogP contribution in [0.3, 0.4) is 0 Å². The van der Waals surface area contributed by atoms with Gasteiger partial charge in [0.05, 0.1) is 0 Å². The molecule has 0 saturated heterocycles. The standard InChI is InChI=1S/C22H24O2/c1-2-3-14-22(24)21(19-12-8-5-9-13-19)17-20(23)16-15-18-10-6-4-7-11-18/h4-13,15-16,21H,2-3,14,17H2,1H3. The fourth-order valence-corrected chi connectivity index (χ4v) is 2.65. The van der Waals surface area contributed by atoms with E-state index in [-0.39, 0.29) is 23.9 Å². The number of rotatable bonds is 9. The third-order valence-corrected chi connectivity index (χ3v) is 4.03. The third-order valence-electron chi connectivity index (χ3n) is 4.03. The summed E-state index contributed by atoms with van der Waals surface area (Å²) in [6.07, 6.45) is 6.01. The van der Waals surface area contributed by atoms with Crippen LogP contribution in [0, 0.1) is 0 Å². The van der Waals surface area contributed by atoms with Crippen LogP contribution in [0.1, 0.15) is 49.7 Å². The molecule has 2 aromatic rings. The Balaban J connectivity index is 2.08. The first-order chi connectivity index (χ1) is 11.7. The fraction of sp³-hybridized carbons (Fsp3) is 0.273. The van der Waals surface area contributed by atoms with Crippen LogP contribution in [-0.4, -0.2) is 11.6 Å². The van der Waals surface area contributed by atoms with Crippen LogP contribution < -0.4 is 0 Å². The summed E-state index contributed by atoms with van der Waals surface area (Å²) < 4.78 is 0. The Kier molecular flexibility index (Phi) is 7.16. The first-order valence-electron chi connectivity index (χ1n) is 8.54. The summed E-state index contributed by atoms with van der Waals surface area (Å²) in [7, 11) is 0. The molecule has 0 aromatic heterocycles. The van der Waals surface area contributed by atoms with E-state index in [1.165, 1.54) is 0 Å². The average molecular weight is 320 g/mol. The highest BCUT2D eigenvalue weighted by Gasteiger charge is 2.22. The van der Waals surface area contributed by atoms with Gasteiger partial charge in [-0.1, -0.05) is 80.1 Å². The summed E-state index contributed by atoms with van der Waals surface area (Å²) >= 11 is 0. The Hall–Kier alpha value is -2.48. The summed E-state index contributed by atoms with van der Waals surface area (Å²) in [5.41, 5.74) is 1.92. The van der Waals surface area contributed by atoms with Crippen molar-refractivity contribution in [2.24, 2.45) is 0 Å². The number of hydrogen-bond acceptors (Lipinski definition) is 2. The van der Waals surface area contributed by atoms with Crippen molar-refractivity contribution < 1.29 is 9.59 Å². The monoisotopic (exact) mass is 320 g/mol. The second-order valence-electron chi connectivity index (χ2n) is 5.95. The first kappa shape index (κ1) is 17.9. The second kappa shape index (κ2) is 9.61. The van der Waals surface area contributed by atoms with Crippen molar-refractivity contribution in [3.8, 4) is 0 Å². The topological polar surface area (TPSA) is 34.1 Å². The summed E-state index contributed by atoms with van der Waals surface area (Å²) in [5.74, 6) is -0.201. The predicted octanol–water partition coefficient (Wildman–Crippen LogP) is 5.20. The van der Waals surface area contributed by atoms with Crippen molar-refractivity contribution in [3.05, 3.63) is 77.9 Å². The maximum atomic E-state index is 12.5. The smallest absolute Gasteiger partial charge is 0.156 e. The molecule has 0 N–H and O–H groups in total. The lowest BCUT2D eigenvalue weighted by Crippen LogP contribution is -2.16. The van der Waals surface area contributed by atoms with E-state index >= 15 is 0 Å². The van der Waals surface area contributed by atoms with Gasteiger partial charge < -0.3 is 0 Å². The lowest BCUT2D eigenvalue weighted by molar-refractivity contribution is -0.124. The van der Waals surface area contributed by atoms with Gasteiger partial charge in [0.25, 0.3) is 0 Å². The molecule has 124 valence electrons. The highest BCUT2D eigenvalue weighted by atomic mass is 16.1. The lowest BCUT2D eigenvalue weighted by Gasteiger charge is -2.14. The van der Waals surface area contributed by atoms with Crippen LogP contribution in [0.5, 0.6) is 0 Å². The molecule has 0 aliphatic rings. The lowest BCUT2D eigenvalue weighted by atomic mass is 9.87. The number of unbranched alkanes of at least 4 members (excludes halogenated alkanes) is 1. The average Bonchev–Trinajstić information content (AvgIpc) is 2.64. The van der Waals surface area contributed by atoms with Crippen LogP contribution in [0.4, 0.5) is 0 Å². The highest BCUT2D eigenvalue weighted by Crippen LogP contribution is 2.24. The van der Waals surface area contributed by atoms with E-state index in [4.69, 9.17) is 0 Å². The minimum Gasteiger partial charge on any atom is -0.299 e. The van der Waals surface area contributed by atoms with Gasteiger partial charge in [-0.05, 0) is 23.6 Å². The van der Waals surface area contributed by atoms with E-state index < -0.39 is 0 Å². The predicted molar refractivity (Wildman–Crippen MR) is 98.8 cm³/mol. The molecule has 2 heteroatoms. The molecule has 0 fully saturated rings. The molecule has 2 aromatic carbocycles. The van der Waals surface area contributed by atoms with Crippen LogP contribution in [-0.2, 0) is 9.59 Å². The Bertz CT molecular complexity index is 672. The van der Waals surface area contributed by atoms with Crippen LogP contribution in [0.15, 0.2) is 66.7 Å². The molecule has 0 amide bonds. The van der Waals surface area contributed by atoms with Gasteiger partial charge >= 0.3 is 0 Å². The molecule has 0 saturated carbocycles. The van der Waals surface area contributed by atoms with Crippen LogP contribution in [0.2, 0.25) is 0 Å². The highest BCUT2D eigenvalue weighted by molar-refractivity contribution is 5.98. The van der Waals surface area contributed by atoms with Gasteiger partial charge in [-0.3, -0.25) is 9.59 Å². The van der Waals surface area contributed by atoms with E-state index in [2.05, 4.69) is 6.92 Å². The molecule has 1 unspecified atom stereocenters. The molecule has 0 radical (unpaired) electrons. The van der Waals surface area contributed by atoms with Gasteiger partial charge in [0.2, 0.25) is 0 Å². The minimum absolute atomic E-state index is 0.0162. The van der Waals surface area contributed by atoms with E-state index in [1.807, 2.05) is 60.7 Å². The molecule has 2 nitrogen and oxygen atoms in total. The summed E-state index contributed by atoms with van der Waals surface area (Å²) in [6, 6.07) is 19.3. The molecule has 0 spiro atoms.